The van der Waals surface area contributed by atoms with Gasteiger partial charge in [-0.3, -0.25) is 0 Å². The third-order valence-electron chi connectivity index (χ3n) is 6.85. The van der Waals surface area contributed by atoms with Crippen molar-refractivity contribution in [2.45, 2.75) is 31.5 Å². The van der Waals surface area contributed by atoms with E-state index < -0.39 is 5.82 Å². The number of nitrogens with one attached hydrogen (secondary N) is 3. The van der Waals surface area contributed by atoms with Gasteiger partial charge in [0, 0.05) is 43.0 Å². The van der Waals surface area contributed by atoms with E-state index in [1.807, 2.05) is 12.1 Å². The van der Waals surface area contributed by atoms with E-state index in [-0.39, 0.29) is 11.2 Å². The fraction of sp³-hybridized carbons (Fsp3) is 0.480. The van der Waals surface area contributed by atoms with Crippen molar-refractivity contribution in [1.82, 2.24) is 10.2 Å². The van der Waals surface area contributed by atoms with Crippen LogP contribution in [0.4, 0.5) is 15.8 Å². The first-order chi connectivity index (χ1) is 16.6. The van der Waals surface area contributed by atoms with Crippen molar-refractivity contribution in [3.8, 4) is 11.5 Å². The lowest BCUT2D eigenvalue weighted by atomic mass is 9.94. The molecule has 7 nitrogen and oxygen atoms in total. The molecule has 3 atom stereocenters. The minimum Gasteiger partial charge on any atom is -0.493 e. The topological polar surface area (TPSA) is 70.2 Å². The Kier molecular flexibility index (Phi) is 7.08. The zero-order valence-electron chi connectivity index (χ0n) is 19.3. The van der Waals surface area contributed by atoms with Crippen molar-refractivity contribution >= 4 is 29.3 Å². The zero-order valence-corrected chi connectivity index (χ0v) is 20.1. The van der Waals surface area contributed by atoms with E-state index in [1.54, 1.807) is 25.6 Å². The number of benzene rings is 2. The lowest BCUT2D eigenvalue weighted by Gasteiger charge is -2.25. The molecule has 5 rings (SSSR count). The molecule has 2 aromatic carbocycles. The number of halogens is 2. The van der Waals surface area contributed by atoms with Crippen molar-refractivity contribution < 1.29 is 13.9 Å². The second-order valence-electron chi connectivity index (χ2n) is 9.11. The van der Waals surface area contributed by atoms with Crippen LogP contribution in [0.2, 0.25) is 5.02 Å². The maximum atomic E-state index is 13.5. The molecule has 2 aromatic rings. The summed E-state index contributed by atoms with van der Waals surface area (Å²) in [4.78, 5) is 7.05. The molecule has 3 aliphatic heterocycles. The Labute approximate surface area is 204 Å². The van der Waals surface area contributed by atoms with Crippen molar-refractivity contribution in [3.63, 3.8) is 0 Å². The summed E-state index contributed by atoms with van der Waals surface area (Å²) in [5.41, 5.74) is 2.46. The van der Waals surface area contributed by atoms with Gasteiger partial charge in [0.25, 0.3) is 0 Å². The van der Waals surface area contributed by atoms with Crippen molar-refractivity contribution in [2.24, 2.45) is 10.9 Å². The maximum absolute atomic E-state index is 13.5. The predicted molar refractivity (Wildman–Crippen MR) is 134 cm³/mol. The van der Waals surface area contributed by atoms with Gasteiger partial charge >= 0.3 is 0 Å². The van der Waals surface area contributed by atoms with Crippen LogP contribution in [0.5, 0.6) is 11.5 Å². The smallest absolute Gasteiger partial charge is 0.162 e. The van der Waals surface area contributed by atoms with Crippen LogP contribution in [0.15, 0.2) is 35.3 Å². The second kappa shape index (κ2) is 10.4. The molecule has 0 radical (unpaired) electrons. The van der Waals surface area contributed by atoms with Crippen LogP contribution in [0, 0.1) is 11.7 Å². The van der Waals surface area contributed by atoms with Crippen LogP contribution >= 0.6 is 11.6 Å². The third kappa shape index (κ3) is 5.09. The minimum atomic E-state index is -0.453. The molecular formula is C25H31ClFN5O2. The fourth-order valence-corrected chi connectivity index (χ4v) is 5.29. The Hall–Kier alpha value is -2.55. The molecule has 0 spiro atoms. The SMILES string of the molecule is COc1cc2c(cc1OCCCN1CC3CCCNC3C1)C(Nc1ccc(F)c(Cl)c1)N=CN2. The monoisotopic (exact) mass is 487 g/mol. The number of methoxy groups -OCH3 is 1. The number of hydrogen-bond acceptors (Lipinski definition) is 7. The Morgan fingerprint density at radius 3 is 2.97 bits per heavy atom. The highest BCUT2D eigenvalue weighted by Crippen LogP contribution is 2.39. The average molecular weight is 488 g/mol. The molecule has 3 unspecified atom stereocenters. The first-order valence-corrected chi connectivity index (χ1v) is 12.3. The first-order valence-electron chi connectivity index (χ1n) is 11.9. The molecule has 0 amide bonds. The van der Waals surface area contributed by atoms with Crippen molar-refractivity contribution in [2.75, 3.05) is 50.5 Å². The number of piperidine rings is 1. The summed E-state index contributed by atoms with van der Waals surface area (Å²) in [5.74, 6) is 1.69. The summed E-state index contributed by atoms with van der Waals surface area (Å²) in [6.07, 6.45) is 4.84. The van der Waals surface area contributed by atoms with Crippen molar-refractivity contribution in [1.29, 1.82) is 0 Å². The largest absolute Gasteiger partial charge is 0.493 e. The van der Waals surface area contributed by atoms with E-state index in [4.69, 9.17) is 21.1 Å². The van der Waals surface area contributed by atoms with Gasteiger partial charge in [-0.2, -0.15) is 0 Å². The highest BCUT2D eigenvalue weighted by Gasteiger charge is 2.33. The van der Waals surface area contributed by atoms with Gasteiger partial charge in [0.15, 0.2) is 11.5 Å². The quantitative estimate of drug-likeness (QED) is 0.476. The molecule has 0 bridgehead atoms. The lowest BCUT2D eigenvalue weighted by molar-refractivity contribution is 0.249. The van der Waals surface area contributed by atoms with Gasteiger partial charge < -0.3 is 30.3 Å². The summed E-state index contributed by atoms with van der Waals surface area (Å²) in [5, 5.41) is 10.2. The molecule has 0 aromatic heterocycles. The average Bonchev–Trinajstić information content (AvgIpc) is 3.27. The Morgan fingerprint density at radius 1 is 1.24 bits per heavy atom. The molecule has 0 aliphatic carbocycles. The van der Waals surface area contributed by atoms with Gasteiger partial charge in [0.1, 0.15) is 12.0 Å². The summed E-state index contributed by atoms with van der Waals surface area (Å²) in [6.45, 7) is 5.11. The summed E-state index contributed by atoms with van der Waals surface area (Å²) in [7, 11) is 1.64. The van der Waals surface area contributed by atoms with Crippen LogP contribution in [0.1, 0.15) is 31.0 Å². The van der Waals surface area contributed by atoms with E-state index in [0.29, 0.717) is 29.8 Å². The van der Waals surface area contributed by atoms with Crippen LogP contribution in [-0.2, 0) is 0 Å². The minimum absolute atomic E-state index is 0.0647. The molecule has 2 saturated heterocycles. The van der Waals surface area contributed by atoms with Gasteiger partial charge in [-0.1, -0.05) is 11.6 Å². The Bertz CT molecular complexity index is 1040. The number of likely N-dealkylation sites (tertiary alicyclic amines) is 1. The fourth-order valence-electron chi connectivity index (χ4n) is 5.11. The van der Waals surface area contributed by atoms with E-state index in [2.05, 4.69) is 25.8 Å². The second-order valence-corrected chi connectivity index (χ2v) is 9.52. The van der Waals surface area contributed by atoms with E-state index in [1.165, 1.54) is 25.5 Å². The van der Waals surface area contributed by atoms with Gasteiger partial charge in [-0.05, 0) is 56.0 Å². The molecular weight excluding hydrogens is 457 g/mol. The standard InChI is InChI=1S/C25H31ClFN5O2/c1-33-23-12-21-18(25(30-15-29-21)31-17-5-6-20(27)19(26)10-17)11-24(23)34-9-3-8-32-13-16-4-2-7-28-22(16)14-32/h5-6,10-12,15-16,22,25,28,31H,2-4,7-9,13-14H2,1H3,(H,29,30). The molecule has 182 valence electrons. The van der Waals surface area contributed by atoms with E-state index >= 15 is 0 Å². The van der Waals surface area contributed by atoms with E-state index in [9.17, 15) is 4.39 Å². The van der Waals surface area contributed by atoms with Crippen LogP contribution < -0.4 is 25.4 Å². The lowest BCUT2D eigenvalue weighted by Crippen LogP contribution is -2.40. The number of hydrogen-bond donors (Lipinski definition) is 3. The van der Waals surface area contributed by atoms with Crippen LogP contribution in [0.3, 0.4) is 0 Å². The number of fused-ring (bicyclic) bond motifs is 2. The molecule has 0 saturated carbocycles. The first kappa shape index (κ1) is 23.2. The number of aliphatic imine (C=N–C) groups is 1. The molecule has 9 heteroatoms. The Balaban J connectivity index is 1.22. The normalized spacial score (nSPS) is 23.7. The van der Waals surface area contributed by atoms with E-state index in [0.717, 1.165) is 43.2 Å². The molecule has 2 fully saturated rings. The summed E-state index contributed by atoms with van der Waals surface area (Å²) < 4.78 is 25.3. The zero-order chi connectivity index (χ0) is 23.5. The molecule has 3 aliphatic rings. The van der Waals surface area contributed by atoms with Gasteiger partial charge in [0.05, 0.1) is 30.8 Å². The highest BCUT2D eigenvalue weighted by molar-refractivity contribution is 6.31. The van der Waals surface area contributed by atoms with Crippen LogP contribution in [-0.4, -0.2) is 57.2 Å². The maximum Gasteiger partial charge on any atom is 0.162 e. The van der Waals surface area contributed by atoms with Crippen LogP contribution in [0.25, 0.3) is 0 Å². The highest BCUT2D eigenvalue weighted by atomic mass is 35.5. The molecule has 34 heavy (non-hydrogen) atoms. The van der Waals surface area contributed by atoms with Gasteiger partial charge in [0.2, 0.25) is 0 Å². The van der Waals surface area contributed by atoms with Gasteiger partial charge in [-0.25, -0.2) is 9.38 Å². The number of nitrogens with zero attached hydrogens (tertiary/aromatic N) is 2. The Morgan fingerprint density at radius 2 is 2.15 bits per heavy atom. The predicted octanol–water partition coefficient (Wildman–Crippen LogP) is 4.50. The number of ether oxygens (including phenoxy) is 2. The number of anilines is 2. The molecule has 3 heterocycles. The molecule has 3 N–H and O–H groups in total. The van der Waals surface area contributed by atoms with Gasteiger partial charge in [-0.15, -0.1) is 0 Å². The summed E-state index contributed by atoms with van der Waals surface area (Å²) >= 11 is 5.94. The number of rotatable bonds is 8. The summed E-state index contributed by atoms with van der Waals surface area (Å²) in [6, 6.07) is 9.06. The van der Waals surface area contributed by atoms with Crippen molar-refractivity contribution in [3.05, 3.63) is 46.7 Å². The third-order valence-corrected chi connectivity index (χ3v) is 7.14.